The minimum absolute atomic E-state index is 0.0981. The van der Waals surface area contributed by atoms with Gasteiger partial charge in [-0.15, -0.1) is 0 Å². The normalized spacial score (nSPS) is 20.3. The van der Waals surface area contributed by atoms with Crippen LogP contribution >= 0.6 is 0 Å². The van der Waals surface area contributed by atoms with Crippen molar-refractivity contribution in [2.45, 2.75) is 32.2 Å². The molecule has 0 saturated carbocycles. The fourth-order valence-corrected chi connectivity index (χ4v) is 1.67. The molecule has 0 aromatic heterocycles. The molecule has 12 heavy (non-hydrogen) atoms. The van der Waals surface area contributed by atoms with Crippen molar-refractivity contribution < 1.29 is 4.79 Å². The van der Waals surface area contributed by atoms with Crippen LogP contribution in [0.5, 0.6) is 0 Å². The van der Waals surface area contributed by atoms with E-state index in [0.717, 1.165) is 17.6 Å². The quantitative estimate of drug-likeness (QED) is 0.621. The van der Waals surface area contributed by atoms with Gasteiger partial charge in [0.1, 0.15) is 0 Å². The molecule has 1 aliphatic heterocycles. The summed E-state index contributed by atoms with van der Waals surface area (Å²) in [6, 6.07) is 0. The number of carbonyl (C=O) groups excluding carboxylic acids is 1. The van der Waals surface area contributed by atoms with E-state index in [9.17, 15) is 4.79 Å². The summed E-state index contributed by atoms with van der Waals surface area (Å²) in [7, 11) is 0. The van der Waals surface area contributed by atoms with Gasteiger partial charge in [-0.1, -0.05) is 24.3 Å². The van der Waals surface area contributed by atoms with Gasteiger partial charge in [-0.05, 0) is 20.3 Å². The van der Waals surface area contributed by atoms with Crippen LogP contribution in [0.15, 0.2) is 24.3 Å². The first-order chi connectivity index (χ1) is 5.49. The molecule has 1 N–H and O–H groups in total. The third-order valence-corrected chi connectivity index (χ3v) is 2.54. The first kappa shape index (κ1) is 9.04. The molecule has 1 saturated heterocycles. The van der Waals surface area contributed by atoms with Crippen LogP contribution in [0.3, 0.4) is 0 Å². The monoisotopic (exact) mass is 165 g/mol. The van der Waals surface area contributed by atoms with Crippen molar-refractivity contribution in [2.75, 3.05) is 0 Å². The minimum Gasteiger partial charge on any atom is -0.343 e. The van der Waals surface area contributed by atoms with Gasteiger partial charge in [-0.2, -0.15) is 0 Å². The Hall–Kier alpha value is -1.05. The maximum atomic E-state index is 11.1. The van der Waals surface area contributed by atoms with Crippen LogP contribution in [0.1, 0.15) is 26.7 Å². The first-order valence-electron chi connectivity index (χ1n) is 4.12. The molecule has 0 radical (unpaired) electrons. The topological polar surface area (TPSA) is 29.1 Å². The van der Waals surface area contributed by atoms with E-state index in [0.29, 0.717) is 6.42 Å². The van der Waals surface area contributed by atoms with Crippen molar-refractivity contribution in [1.29, 1.82) is 0 Å². The van der Waals surface area contributed by atoms with Crippen molar-refractivity contribution in [1.82, 2.24) is 5.32 Å². The molecular formula is C10H15NO. The second-order valence-electron chi connectivity index (χ2n) is 3.51. The van der Waals surface area contributed by atoms with Crippen LogP contribution in [0.2, 0.25) is 0 Å². The highest BCUT2D eigenvalue weighted by molar-refractivity contribution is 5.81. The average molecular weight is 165 g/mol. The summed E-state index contributed by atoms with van der Waals surface area (Å²) in [5.41, 5.74) is 1.62. The Morgan fingerprint density at radius 1 is 1.42 bits per heavy atom. The highest BCUT2D eigenvalue weighted by Crippen LogP contribution is 2.32. The third-order valence-electron chi connectivity index (χ3n) is 2.54. The molecule has 0 aliphatic carbocycles. The zero-order valence-electron chi connectivity index (χ0n) is 7.74. The van der Waals surface area contributed by atoms with E-state index < -0.39 is 0 Å². The summed E-state index contributed by atoms with van der Waals surface area (Å²) >= 11 is 0. The maximum Gasteiger partial charge on any atom is 0.221 e. The van der Waals surface area contributed by atoms with Gasteiger partial charge in [0.2, 0.25) is 5.91 Å². The number of carbonyl (C=O) groups is 1. The Balaban J connectivity index is 2.97. The lowest BCUT2D eigenvalue weighted by Gasteiger charge is -2.30. The lowest BCUT2D eigenvalue weighted by Crippen LogP contribution is -2.43. The van der Waals surface area contributed by atoms with E-state index in [1.165, 1.54) is 0 Å². The number of amides is 1. The van der Waals surface area contributed by atoms with Gasteiger partial charge in [0.15, 0.2) is 0 Å². The van der Waals surface area contributed by atoms with E-state index >= 15 is 0 Å². The van der Waals surface area contributed by atoms with Gasteiger partial charge >= 0.3 is 0 Å². The van der Waals surface area contributed by atoms with Crippen molar-refractivity contribution in [2.24, 2.45) is 0 Å². The second-order valence-corrected chi connectivity index (χ2v) is 3.51. The highest BCUT2D eigenvalue weighted by Gasteiger charge is 2.38. The highest BCUT2D eigenvalue weighted by atomic mass is 16.2. The molecule has 2 heteroatoms. The molecule has 66 valence electrons. The average Bonchev–Trinajstić information content (AvgIpc) is 2.32. The van der Waals surface area contributed by atoms with Crippen molar-refractivity contribution in [3.8, 4) is 0 Å². The van der Waals surface area contributed by atoms with Crippen LogP contribution in [-0.4, -0.2) is 11.4 Å². The predicted octanol–water partition coefficient (Wildman–Crippen LogP) is 1.79. The molecule has 0 bridgehead atoms. The lowest BCUT2D eigenvalue weighted by atomic mass is 9.84. The molecule has 1 heterocycles. The van der Waals surface area contributed by atoms with E-state index in [1.807, 2.05) is 13.8 Å². The lowest BCUT2D eigenvalue weighted by molar-refractivity contribution is -0.119. The number of hydrogen-bond donors (Lipinski definition) is 1. The summed E-state index contributed by atoms with van der Waals surface area (Å²) in [5.74, 6) is 0.0981. The Morgan fingerprint density at radius 2 is 1.92 bits per heavy atom. The maximum absolute atomic E-state index is 11.1. The van der Waals surface area contributed by atoms with Gasteiger partial charge < -0.3 is 5.32 Å². The van der Waals surface area contributed by atoms with Gasteiger partial charge in [-0.25, -0.2) is 0 Å². The summed E-state index contributed by atoms with van der Waals surface area (Å²) < 4.78 is 0. The molecule has 0 unspecified atom stereocenters. The van der Waals surface area contributed by atoms with E-state index in [-0.39, 0.29) is 11.4 Å². The van der Waals surface area contributed by atoms with Crippen LogP contribution < -0.4 is 5.32 Å². The number of rotatable bonds is 2. The molecule has 0 aromatic rings. The first-order valence-corrected chi connectivity index (χ1v) is 4.12. The molecule has 0 atom stereocenters. The van der Waals surface area contributed by atoms with Gasteiger partial charge in [0.05, 0.1) is 5.54 Å². The fraction of sp³-hybridized carbons (Fsp3) is 0.500. The van der Waals surface area contributed by atoms with Crippen molar-refractivity contribution in [3.63, 3.8) is 0 Å². The van der Waals surface area contributed by atoms with Crippen molar-refractivity contribution in [3.05, 3.63) is 24.3 Å². The third kappa shape index (κ3) is 1.17. The molecule has 1 aliphatic rings. The molecule has 0 spiro atoms. The summed E-state index contributed by atoms with van der Waals surface area (Å²) in [6.07, 6.45) is 1.39. The van der Waals surface area contributed by atoms with Gasteiger partial charge in [-0.3, -0.25) is 4.79 Å². The predicted molar refractivity (Wildman–Crippen MR) is 49.7 cm³/mol. The van der Waals surface area contributed by atoms with Crippen LogP contribution in [0.25, 0.3) is 0 Å². The summed E-state index contributed by atoms with van der Waals surface area (Å²) in [5, 5.41) is 2.93. The Labute approximate surface area is 73.4 Å². The smallest absolute Gasteiger partial charge is 0.221 e. The van der Waals surface area contributed by atoms with Crippen LogP contribution in [0.4, 0.5) is 0 Å². The molecule has 1 fully saturated rings. The Bertz CT molecular complexity index is 239. The van der Waals surface area contributed by atoms with Crippen LogP contribution in [-0.2, 0) is 4.79 Å². The van der Waals surface area contributed by atoms with Gasteiger partial charge in [0, 0.05) is 6.42 Å². The standard InChI is InChI=1S/C10H15NO/c1-7(2)10(8(3)4)6-5-9(12)11-10/h1,3,5-6H2,2,4H3,(H,11,12). The molecule has 1 amide bonds. The Kier molecular flexibility index (Phi) is 2.09. The zero-order chi connectivity index (χ0) is 9.35. The van der Waals surface area contributed by atoms with E-state index in [1.54, 1.807) is 0 Å². The van der Waals surface area contributed by atoms with E-state index in [4.69, 9.17) is 0 Å². The molecule has 1 rings (SSSR count). The number of nitrogens with one attached hydrogen (secondary N) is 1. The van der Waals surface area contributed by atoms with Gasteiger partial charge in [0.25, 0.3) is 0 Å². The zero-order valence-corrected chi connectivity index (χ0v) is 7.74. The summed E-state index contributed by atoms with van der Waals surface area (Å²) in [6.45, 7) is 11.6. The molecular weight excluding hydrogens is 150 g/mol. The SMILES string of the molecule is C=C(C)C1(C(=C)C)CCC(=O)N1. The second kappa shape index (κ2) is 2.77. The van der Waals surface area contributed by atoms with Crippen LogP contribution in [0, 0.1) is 0 Å². The number of hydrogen-bond acceptors (Lipinski definition) is 1. The summed E-state index contributed by atoms with van der Waals surface area (Å²) in [4.78, 5) is 11.1. The fourth-order valence-electron chi connectivity index (χ4n) is 1.67. The largest absolute Gasteiger partial charge is 0.343 e. The van der Waals surface area contributed by atoms with Crippen molar-refractivity contribution >= 4 is 5.91 Å². The Morgan fingerprint density at radius 3 is 2.08 bits per heavy atom. The molecule has 2 nitrogen and oxygen atoms in total. The van der Waals surface area contributed by atoms with E-state index in [2.05, 4.69) is 18.5 Å². The molecule has 0 aromatic carbocycles. The minimum atomic E-state index is -0.322.